The summed E-state index contributed by atoms with van der Waals surface area (Å²) in [4.78, 5) is 12.1. The molecule has 0 saturated heterocycles. The molecule has 134 valence electrons. The van der Waals surface area contributed by atoms with Gasteiger partial charge in [-0.1, -0.05) is 43.4 Å². The molecular weight excluding hydrogens is 348 g/mol. The van der Waals surface area contributed by atoms with E-state index in [1.54, 1.807) is 24.3 Å². The molecule has 0 heterocycles. The van der Waals surface area contributed by atoms with E-state index in [1.807, 2.05) is 0 Å². The number of carbonyl (C=O) groups excluding carboxylic acids is 1. The van der Waals surface area contributed by atoms with Crippen molar-refractivity contribution in [2.45, 2.75) is 51.0 Å². The van der Waals surface area contributed by atoms with Crippen molar-refractivity contribution in [2.75, 3.05) is 18.1 Å². The molecule has 1 fully saturated rings. The molecule has 0 unspecified atom stereocenters. The third kappa shape index (κ3) is 6.07. The first-order chi connectivity index (χ1) is 11.4. The monoisotopic (exact) mass is 372 g/mol. The molecule has 1 aliphatic carbocycles. The Morgan fingerprint density at radius 1 is 1.25 bits per heavy atom. The van der Waals surface area contributed by atoms with Crippen LogP contribution in [0.1, 0.15) is 44.9 Å². The minimum absolute atomic E-state index is 0.0152. The van der Waals surface area contributed by atoms with Crippen LogP contribution in [0.2, 0.25) is 5.02 Å². The molecule has 24 heavy (non-hydrogen) atoms. The summed E-state index contributed by atoms with van der Waals surface area (Å²) < 4.78 is 25.8. The third-order valence-electron chi connectivity index (χ3n) is 4.33. The maximum atomic E-state index is 12.1. The highest BCUT2D eigenvalue weighted by Crippen LogP contribution is 2.24. The lowest BCUT2D eigenvalue weighted by atomic mass is 10.1. The Kier molecular flexibility index (Phi) is 7.07. The summed E-state index contributed by atoms with van der Waals surface area (Å²) in [7, 11) is -3.32. The van der Waals surface area contributed by atoms with Gasteiger partial charge in [-0.05, 0) is 31.0 Å². The highest BCUT2D eigenvalue weighted by atomic mass is 35.5. The fraction of sp³-hybridized carbons (Fsp3) is 0.588. The average molecular weight is 373 g/mol. The van der Waals surface area contributed by atoms with Gasteiger partial charge in [0.25, 0.3) is 0 Å². The molecule has 0 radical (unpaired) electrons. The number of benzene rings is 1. The van der Waals surface area contributed by atoms with Crippen molar-refractivity contribution in [1.82, 2.24) is 4.31 Å². The Morgan fingerprint density at radius 2 is 1.92 bits per heavy atom. The lowest BCUT2D eigenvalue weighted by molar-refractivity contribution is -0.116. The predicted octanol–water partition coefficient (Wildman–Crippen LogP) is 3.65. The molecule has 1 aliphatic rings. The van der Waals surface area contributed by atoms with Gasteiger partial charge in [-0.15, -0.1) is 0 Å². The maximum absolute atomic E-state index is 12.1. The van der Waals surface area contributed by atoms with Crippen LogP contribution in [0.25, 0.3) is 0 Å². The average Bonchev–Trinajstić information content (AvgIpc) is 2.75. The van der Waals surface area contributed by atoms with Gasteiger partial charge in [-0.25, -0.2) is 8.42 Å². The zero-order valence-corrected chi connectivity index (χ0v) is 15.6. The topological polar surface area (TPSA) is 66.5 Å². The first kappa shape index (κ1) is 19.2. The first-order valence-corrected chi connectivity index (χ1v) is 10.6. The molecule has 1 aromatic carbocycles. The predicted molar refractivity (Wildman–Crippen MR) is 97.7 cm³/mol. The molecule has 1 aromatic rings. The van der Waals surface area contributed by atoms with E-state index in [0.717, 1.165) is 38.5 Å². The van der Waals surface area contributed by atoms with E-state index in [2.05, 4.69) is 5.32 Å². The van der Waals surface area contributed by atoms with Gasteiger partial charge in [0.2, 0.25) is 15.9 Å². The van der Waals surface area contributed by atoms with Gasteiger partial charge >= 0.3 is 0 Å². The molecule has 0 atom stereocenters. The Balaban J connectivity index is 1.95. The third-order valence-corrected chi connectivity index (χ3v) is 5.89. The fourth-order valence-electron chi connectivity index (χ4n) is 3.17. The van der Waals surface area contributed by atoms with Gasteiger partial charge in [-0.3, -0.25) is 4.79 Å². The van der Waals surface area contributed by atoms with Gasteiger partial charge < -0.3 is 5.32 Å². The van der Waals surface area contributed by atoms with Crippen molar-refractivity contribution >= 4 is 33.2 Å². The van der Waals surface area contributed by atoms with Crippen molar-refractivity contribution < 1.29 is 13.2 Å². The molecular formula is C17H25ClN2O3S. The minimum Gasteiger partial charge on any atom is -0.326 e. The van der Waals surface area contributed by atoms with E-state index in [-0.39, 0.29) is 24.9 Å². The Labute approximate surface area is 149 Å². The summed E-state index contributed by atoms with van der Waals surface area (Å²) in [5, 5.41) is 3.31. The number of rotatable bonds is 6. The molecule has 2 rings (SSSR count). The molecule has 1 amide bonds. The van der Waals surface area contributed by atoms with Gasteiger partial charge in [0, 0.05) is 29.7 Å². The highest BCUT2D eigenvalue weighted by molar-refractivity contribution is 7.88. The number of hydrogen-bond donors (Lipinski definition) is 1. The minimum atomic E-state index is -3.32. The van der Waals surface area contributed by atoms with Crippen LogP contribution >= 0.6 is 11.6 Å². The second-order valence-electron chi connectivity index (χ2n) is 6.33. The van der Waals surface area contributed by atoms with Crippen LogP contribution in [0.3, 0.4) is 0 Å². The van der Waals surface area contributed by atoms with Crippen molar-refractivity contribution in [2.24, 2.45) is 0 Å². The van der Waals surface area contributed by atoms with Crippen LogP contribution in [0, 0.1) is 0 Å². The van der Waals surface area contributed by atoms with E-state index < -0.39 is 10.0 Å². The number of hydrogen-bond acceptors (Lipinski definition) is 3. The van der Waals surface area contributed by atoms with Gasteiger partial charge in [0.15, 0.2) is 0 Å². The Morgan fingerprint density at radius 3 is 2.50 bits per heavy atom. The summed E-state index contributed by atoms with van der Waals surface area (Å²) >= 11 is 5.89. The van der Waals surface area contributed by atoms with E-state index in [4.69, 9.17) is 11.6 Å². The van der Waals surface area contributed by atoms with Crippen molar-refractivity contribution in [3.63, 3.8) is 0 Å². The second-order valence-corrected chi connectivity index (χ2v) is 8.70. The quantitative estimate of drug-likeness (QED) is 0.775. The SMILES string of the molecule is CS(=O)(=O)N(CCC(=O)Nc1cccc(Cl)c1)C1CCCCCC1. The van der Waals surface area contributed by atoms with Crippen LogP contribution in [0.15, 0.2) is 24.3 Å². The molecule has 7 heteroatoms. The molecule has 5 nitrogen and oxygen atoms in total. The normalized spacial score (nSPS) is 16.8. The Bertz CT molecular complexity index is 656. The summed E-state index contributed by atoms with van der Waals surface area (Å²) in [5.41, 5.74) is 0.618. The molecule has 0 aromatic heterocycles. The molecule has 0 spiro atoms. The number of nitrogens with one attached hydrogen (secondary N) is 1. The van der Waals surface area contributed by atoms with Crippen LogP contribution in [-0.2, 0) is 14.8 Å². The number of sulfonamides is 1. The fourth-order valence-corrected chi connectivity index (χ4v) is 4.53. The van der Waals surface area contributed by atoms with Gasteiger partial charge in [0.1, 0.15) is 0 Å². The van der Waals surface area contributed by atoms with Crippen LogP contribution < -0.4 is 5.32 Å². The van der Waals surface area contributed by atoms with Crippen LogP contribution in [-0.4, -0.2) is 37.5 Å². The van der Waals surface area contributed by atoms with E-state index in [0.29, 0.717) is 10.7 Å². The highest BCUT2D eigenvalue weighted by Gasteiger charge is 2.27. The van der Waals surface area contributed by atoms with Crippen molar-refractivity contribution in [3.8, 4) is 0 Å². The smallest absolute Gasteiger partial charge is 0.225 e. The Hall–Kier alpha value is -1.11. The molecule has 1 N–H and O–H groups in total. The number of halogens is 1. The van der Waals surface area contributed by atoms with Gasteiger partial charge in [-0.2, -0.15) is 4.31 Å². The van der Waals surface area contributed by atoms with Crippen LogP contribution in [0.4, 0.5) is 5.69 Å². The largest absolute Gasteiger partial charge is 0.326 e. The summed E-state index contributed by atoms with van der Waals surface area (Å²) in [6.45, 7) is 0.218. The first-order valence-electron chi connectivity index (χ1n) is 8.38. The lowest BCUT2D eigenvalue weighted by Crippen LogP contribution is -2.41. The zero-order chi connectivity index (χ0) is 17.6. The standard InChI is InChI=1S/C17H25ClN2O3S/c1-24(22,23)20(16-9-4-2-3-5-10-16)12-11-17(21)19-15-8-6-7-14(18)13-15/h6-8,13,16H,2-5,9-12H2,1H3,(H,19,21). The van der Waals surface area contributed by atoms with E-state index in [1.165, 1.54) is 10.6 Å². The van der Waals surface area contributed by atoms with Crippen molar-refractivity contribution in [3.05, 3.63) is 29.3 Å². The summed E-state index contributed by atoms with van der Waals surface area (Å²) in [6, 6.07) is 6.92. The van der Waals surface area contributed by atoms with E-state index in [9.17, 15) is 13.2 Å². The number of amides is 1. The van der Waals surface area contributed by atoms with Gasteiger partial charge in [0.05, 0.1) is 6.26 Å². The number of nitrogens with zero attached hydrogens (tertiary/aromatic N) is 1. The summed E-state index contributed by atoms with van der Waals surface area (Å²) in [6.07, 6.45) is 7.53. The van der Waals surface area contributed by atoms with Crippen molar-refractivity contribution in [1.29, 1.82) is 0 Å². The zero-order valence-electron chi connectivity index (χ0n) is 14.0. The van der Waals surface area contributed by atoms with E-state index >= 15 is 0 Å². The number of anilines is 1. The number of carbonyl (C=O) groups is 1. The molecule has 1 saturated carbocycles. The van der Waals surface area contributed by atoms with Crippen LogP contribution in [0.5, 0.6) is 0 Å². The molecule has 0 bridgehead atoms. The maximum Gasteiger partial charge on any atom is 0.225 e. The summed E-state index contributed by atoms with van der Waals surface area (Å²) in [5.74, 6) is -0.209. The lowest BCUT2D eigenvalue weighted by Gasteiger charge is -2.28. The molecule has 0 aliphatic heterocycles. The second kappa shape index (κ2) is 8.83.